The highest BCUT2D eigenvalue weighted by molar-refractivity contribution is 6.31. The summed E-state index contributed by atoms with van der Waals surface area (Å²) in [7, 11) is 0. The van der Waals surface area contributed by atoms with Crippen LogP contribution in [0.1, 0.15) is 31.4 Å². The zero-order chi connectivity index (χ0) is 16.5. The van der Waals surface area contributed by atoms with E-state index in [9.17, 15) is 0 Å². The number of nitrogens with zero attached hydrogens (tertiary/aromatic N) is 1. The van der Waals surface area contributed by atoms with E-state index in [1.807, 2.05) is 37.4 Å². The first-order valence-corrected chi connectivity index (χ1v) is 8.30. The largest absolute Gasteiger partial charge is 0.490 e. The van der Waals surface area contributed by atoms with Gasteiger partial charge in [-0.3, -0.25) is 4.98 Å². The van der Waals surface area contributed by atoms with Crippen LogP contribution in [0.5, 0.6) is 11.5 Å². The minimum atomic E-state index is 0.590. The van der Waals surface area contributed by atoms with E-state index in [-0.39, 0.29) is 0 Å². The summed E-state index contributed by atoms with van der Waals surface area (Å²) < 4.78 is 11.4. The van der Waals surface area contributed by atoms with Gasteiger partial charge in [-0.05, 0) is 36.6 Å². The van der Waals surface area contributed by atoms with Crippen molar-refractivity contribution in [2.45, 2.75) is 33.4 Å². The van der Waals surface area contributed by atoms with Gasteiger partial charge in [-0.15, -0.1) is 0 Å². The molecule has 0 atom stereocenters. The lowest BCUT2D eigenvalue weighted by Crippen LogP contribution is -2.13. The molecule has 2 rings (SSSR count). The lowest BCUT2D eigenvalue weighted by atomic mass is 10.2. The third-order valence-corrected chi connectivity index (χ3v) is 3.59. The summed E-state index contributed by atoms with van der Waals surface area (Å²) in [6.45, 7) is 6.66. The van der Waals surface area contributed by atoms with Gasteiger partial charge in [-0.25, -0.2) is 0 Å². The Balaban J connectivity index is 2.04. The molecule has 0 aliphatic rings. The fourth-order valence-electron chi connectivity index (χ4n) is 2.15. The molecule has 0 amide bonds. The van der Waals surface area contributed by atoms with Crippen molar-refractivity contribution < 1.29 is 9.47 Å². The SMILES string of the molecule is CCCOc1cc(Cl)c(CNCc2cccnc2)cc1OCC. The zero-order valence-corrected chi connectivity index (χ0v) is 14.4. The predicted octanol–water partition coefficient (Wildman–Crippen LogP) is 4.21. The molecule has 1 N–H and O–H groups in total. The van der Waals surface area contributed by atoms with Crippen molar-refractivity contribution in [1.82, 2.24) is 10.3 Å². The molecule has 5 heteroatoms. The molecular formula is C18H23ClN2O2. The van der Waals surface area contributed by atoms with E-state index in [4.69, 9.17) is 21.1 Å². The van der Waals surface area contributed by atoms with Crippen LogP contribution in [-0.2, 0) is 13.1 Å². The third-order valence-electron chi connectivity index (χ3n) is 3.24. The number of aromatic nitrogens is 1. The fraction of sp³-hybridized carbons (Fsp3) is 0.389. The number of hydrogen-bond acceptors (Lipinski definition) is 4. The van der Waals surface area contributed by atoms with Gasteiger partial charge < -0.3 is 14.8 Å². The smallest absolute Gasteiger partial charge is 0.162 e. The summed E-state index contributed by atoms with van der Waals surface area (Å²) in [6, 6.07) is 7.75. The Labute approximate surface area is 142 Å². The molecule has 1 aromatic carbocycles. The monoisotopic (exact) mass is 334 g/mol. The van der Waals surface area contributed by atoms with Crippen LogP contribution in [0.25, 0.3) is 0 Å². The number of pyridine rings is 1. The molecule has 1 aromatic heterocycles. The molecule has 0 bridgehead atoms. The molecule has 0 saturated heterocycles. The average Bonchev–Trinajstić information content (AvgIpc) is 2.57. The number of halogens is 1. The van der Waals surface area contributed by atoms with E-state index in [1.165, 1.54) is 0 Å². The van der Waals surface area contributed by atoms with Crippen molar-refractivity contribution >= 4 is 11.6 Å². The van der Waals surface area contributed by atoms with E-state index < -0.39 is 0 Å². The number of nitrogens with one attached hydrogen (secondary N) is 1. The molecule has 124 valence electrons. The van der Waals surface area contributed by atoms with Crippen molar-refractivity contribution in [2.75, 3.05) is 13.2 Å². The Bertz CT molecular complexity index is 605. The number of hydrogen-bond donors (Lipinski definition) is 1. The van der Waals surface area contributed by atoms with Crippen molar-refractivity contribution in [3.05, 3.63) is 52.8 Å². The van der Waals surface area contributed by atoms with Gasteiger partial charge in [-0.1, -0.05) is 24.6 Å². The maximum absolute atomic E-state index is 6.37. The van der Waals surface area contributed by atoms with Gasteiger partial charge in [0.2, 0.25) is 0 Å². The van der Waals surface area contributed by atoms with Gasteiger partial charge in [-0.2, -0.15) is 0 Å². The molecular weight excluding hydrogens is 312 g/mol. The predicted molar refractivity (Wildman–Crippen MR) is 93.2 cm³/mol. The van der Waals surface area contributed by atoms with Crippen LogP contribution in [0.15, 0.2) is 36.7 Å². The quantitative estimate of drug-likeness (QED) is 0.746. The second-order valence-corrected chi connectivity index (χ2v) is 5.54. The molecule has 1 heterocycles. The minimum absolute atomic E-state index is 0.590. The first kappa shape index (κ1) is 17.6. The van der Waals surface area contributed by atoms with E-state index in [0.717, 1.165) is 29.8 Å². The van der Waals surface area contributed by atoms with Gasteiger partial charge >= 0.3 is 0 Å². The minimum Gasteiger partial charge on any atom is -0.490 e. The Morgan fingerprint density at radius 2 is 1.96 bits per heavy atom. The number of rotatable bonds is 9. The second kappa shape index (κ2) is 9.38. The van der Waals surface area contributed by atoms with Crippen LogP contribution in [0.2, 0.25) is 5.02 Å². The Hall–Kier alpha value is -1.78. The van der Waals surface area contributed by atoms with Crippen LogP contribution in [0.4, 0.5) is 0 Å². The number of benzene rings is 1. The second-order valence-electron chi connectivity index (χ2n) is 5.14. The molecule has 0 radical (unpaired) electrons. The first-order chi connectivity index (χ1) is 11.2. The van der Waals surface area contributed by atoms with Gasteiger partial charge in [0.25, 0.3) is 0 Å². The van der Waals surface area contributed by atoms with E-state index in [2.05, 4.69) is 17.2 Å². The highest BCUT2D eigenvalue weighted by Gasteiger charge is 2.11. The van der Waals surface area contributed by atoms with Gasteiger partial charge in [0.1, 0.15) is 0 Å². The van der Waals surface area contributed by atoms with Crippen LogP contribution >= 0.6 is 11.6 Å². The van der Waals surface area contributed by atoms with Crippen molar-refractivity contribution in [2.24, 2.45) is 0 Å². The summed E-state index contributed by atoms with van der Waals surface area (Å²) >= 11 is 6.37. The maximum Gasteiger partial charge on any atom is 0.162 e. The van der Waals surface area contributed by atoms with Crippen LogP contribution in [0, 0.1) is 0 Å². The topological polar surface area (TPSA) is 43.4 Å². The summed E-state index contributed by atoms with van der Waals surface area (Å²) in [4.78, 5) is 4.10. The standard InChI is InChI=1S/C18H23ClN2O2/c1-3-8-23-18-10-16(19)15(9-17(18)22-4-2)13-21-12-14-6-5-7-20-11-14/h5-7,9-11,21H,3-4,8,12-13H2,1-2H3. The van der Waals surface area contributed by atoms with Crippen LogP contribution in [0.3, 0.4) is 0 Å². The van der Waals surface area contributed by atoms with Crippen molar-refractivity contribution in [1.29, 1.82) is 0 Å². The molecule has 0 aliphatic heterocycles. The van der Waals surface area contributed by atoms with Crippen molar-refractivity contribution in [3.63, 3.8) is 0 Å². The molecule has 0 spiro atoms. The normalized spacial score (nSPS) is 10.6. The van der Waals surface area contributed by atoms with E-state index in [0.29, 0.717) is 30.5 Å². The summed E-state index contributed by atoms with van der Waals surface area (Å²) in [5.74, 6) is 1.44. The molecule has 0 aliphatic carbocycles. The lowest BCUT2D eigenvalue weighted by molar-refractivity contribution is 0.276. The summed E-state index contributed by atoms with van der Waals surface area (Å²) in [5, 5.41) is 4.05. The first-order valence-electron chi connectivity index (χ1n) is 7.92. The van der Waals surface area contributed by atoms with E-state index >= 15 is 0 Å². The Morgan fingerprint density at radius 1 is 1.13 bits per heavy atom. The van der Waals surface area contributed by atoms with Crippen molar-refractivity contribution in [3.8, 4) is 11.5 Å². The highest BCUT2D eigenvalue weighted by atomic mass is 35.5. The number of ether oxygens (including phenoxy) is 2. The molecule has 0 fully saturated rings. The molecule has 4 nitrogen and oxygen atoms in total. The molecule has 0 unspecified atom stereocenters. The Morgan fingerprint density at radius 3 is 2.65 bits per heavy atom. The maximum atomic E-state index is 6.37. The Kier molecular flexibility index (Phi) is 7.17. The summed E-state index contributed by atoms with van der Waals surface area (Å²) in [6.07, 6.45) is 4.56. The fourth-order valence-corrected chi connectivity index (χ4v) is 2.37. The zero-order valence-electron chi connectivity index (χ0n) is 13.6. The van der Waals surface area contributed by atoms with Crippen LogP contribution < -0.4 is 14.8 Å². The van der Waals surface area contributed by atoms with Gasteiger partial charge in [0, 0.05) is 36.6 Å². The average molecular weight is 335 g/mol. The molecule has 0 saturated carbocycles. The van der Waals surface area contributed by atoms with Gasteiger partial charge in [0.15, 0.2) is 11.5 Å². The van der Waals surface area contributed by atoms with Crippen LogP contribution in [-0.4, -0.2) is 18.2 Å². The summed E-state index contributed by atoms with van der Waals surface area (Å²) in [5.41, 5.74) is 2.12. The molecule has 23 heavy (non-hydrogen) atoms. The van der Waals surface area contributed by atoms with Gasteiger partial charge in [0.05, 0.1) is 13.2 Å². The molecule has 2 aromatic rings. The van der Waals surface area contributed by atoms with E-state index in [1.54, 1.807) is 6.20 Å². The third kappa shape index (κ3) is 5.41. The lowest BCUT2D eigenvalue weighted by Gasteiger charge is -2.15. The highest BCUT2D eigenvalue weighted by Crippen LogP contribution is 2.33.